The number of nitriles is 1. The van der Waals surface area contributed by atoms with Crippen LogP contribution in [0.2, 0.25) is 5.02 Å². The maximum absolute atomic E-state index is 8.88. The van der Waals surface area contributed by atoms with Gasteiger partial charge in [-0.15, -0.1) is 0 Å². The molecule has 106 valence electrons. The van der Waals surface area contributed by atoms with Crippen molar-refractivity contribution < 1.29 is 0 Å². The van der Waals surface area contributed by atoms with E-state index in [4.69, 9.17) is 16.9 Å². The lowest BCUT2D eigenvalue weighted by atomic mass is 9.82. The fourth-order valence-corrected chi connectivity index (χ4v) is 3.89. The molecule has 0 aliphatic carbocycles. The number of piperidine rings is 2. The summed E-state index contributed by atoms with van der Waals surface area (Å²) in [6, 6.07) is 9.51. The van der Waals surface area contributed by atoms with Crippen LogP contribution in [-0.2, 0) is 0 Å². The van der Waals surface area contributed by atoms with Crippen molar-refractivity contribution in [2.45, 2.75) is 50.2 Å². The minimum absolute atomic E-state index is 0.493. The lowest BCUT2D eigenvalue weighted by Gasteiger charge is -2.47. The first-order valence-electron chi connectivity index (χ1n) is 7.35. The highest BCUT2D eigenvalue weighted by Gasteiger charge is 2.35. The molecule has 2 bridgehead atoms. The Hall–Kier alpha value is -1.24. The lowest BCUT2D eigenvalue weighted by Crippen LogP contribution is -2.52. The van der Waals surface area contributed by atoms with Crippen LogP contribution in [0.25, 0.3) is 0 Å². The summed E-state index contributed by atoms with van der Waals surface area (Å²) in [5, 5.41) is 13.1. The number of nitrogens with zero attached hydrogens (tertiary/aromatic N) is 2. The molecule has 0 saturated carbocycles. The number of fused-ring (bicyclic) bond motifs is 2. The number of hydrogen-bond donors (Lipinski definition) is 1. The van der Waals surface area contributed by atoms with Crippen LogP contribution in [0.1, 0.15) is 37.7 Å². The number of hydrogen-bond acceptors (Lipinski definition) is 3. The second-order valence-electron chi connectivity index (χ2n) is 6.02. The van der Waals surface area contributed by atoms with Gasteiger partial charge in [-0.05, 0) is 50.9 Å². The van der Waals surface area contributed by atoms with Crippen LogP contribution in [0.4, 0.5) is 5.69 Å². The zero-order valence-electron chi connectivity index (χ0n) is 11.8. The highest BCUT2D eigenvalue weighted by Crippen LogP contribution is 2.35. The molecule has 2 saturated heterocycles. The Morgan fingerprint density at radius 2 is 2.00 bits per heavy atom. The highest BCUT2D eigenvalue weighted by molar-refractivity contribution is 6.33. The predicted octanol–water partition coefficient (Wildman–Crippen LogP) is 3.64. The van der Waals surface area contributed by atoms with Gasteiger partial charge in [0.15, 0.2) is 0 Å². The Kier molecular flexibility index (Phi) is 3.87. The number of anilines is 1. The van der Waals surface area contributed by atoms with Gasteiger partial charge in [0.25, 0.3) is 0 Å². The molecule has 2 aliphatic heterocycles. The molecule has 0 spiro atoms. The number of benzene rings is 1. The quantitative estimate of drug-likeness (QED) is 0.903. The van der Waals surface area contributed by atoms with Crippen LogP contribution < -0.4 is 5.32 Å². The second-order valence-corrected chi connectivity index (χ2v) is 6.43. The van der Waals surface area contributed by atoms with Crippen LogP contribution in [0, 0.1) is 11.3 Å². The van der Waals surface area contributed by atoms with Crippen molar-refractivity contribution in [3.05, 3.63) is 28.8 Å². The summed E-state index contributed by atoms with van der Waals surface area (Å²) in [6.07, 6.45) is 6.36. The van der Waals surface area contributed by atoms with E-state index in [1.807, 2.05) is 12.1 Å². The Morgan fingerprint density at radius 3 is 2.60 bits per heavy atom. The van der Waals surface area contributed by atoms with Crippen LogP contribution in [0.5, 0.6) is 0 Å². The second kappa shape index (κ2) is 5.63. The van der Waals surface area contributed by atoms with Gasteiger partial charge in [-0.3, -0.25) is 0 Å². The molecule has 0 aromatic heterocycles. The Balaban J connectivity index is 1.71. The first-order valence-corrected chi connectivity index (χ1v) is 7.73. The third-order valence-corrected chi connectivity index (χ3v) is 5.11. The molecule has 1 N–H and O–H groups in total. The topological polar surface area (TPSA) is 39.1 Å². The van der Waals surface area contributed by atoms with E-state index < -0.39 is 0 Å². The highest BCUT2D eigenvalue weighted by atomic mass is 35.5. The third-order valence-electron chi connectivity index (χ3n) is 4.80. The van der Waals surface area contributed by atoms with Gasteiger partial charge in [0, 0.05) is 18.1 Å². The van der Waals surface area contributed by atoms with Gasteiger partial charge >= 0.3 is 0 Å². The molecule has 3 rings (SSSR count). The summed E-state index contributed by atoms with van der Waals surface area (Å²) in [7, 11) is 2.26. The van der Waals surface area contributed by atoms with E-state index in [2.05, 4.69) is 23.3 Å². The normalized spacial score (nSPS) is 29.8. The molecular weight excluding hydrogens is 270 g/mol. The number of nitrogens with one attached hydrogen (secondary N) is 1. The van der Waals surface area contributed by atoms with E-state index in [-0.39, 0.29) is 0 Å². The molecule has 2 aliphatic rings. The van der Waals surface area contributed by atoms with Gasteiger partial charge in [0.2, 0.25) is 0 Å². The number of rotatable bonds is 2. The fraction of sp³-hybridized carbons (Fsp3) is 0.562. The van der Waals surface area contributed by atoms with Gasteiger partial charge < -0.3 is 10.2 Å². The lowest BCUT2D eigenvalue weighted by molar-refractivity contribution is 0.0608. The fourth-order valence-electron chi connectivity index (χ4n) is 3.66. The summed E-state index contributed by atoms with van der Waals surface area (Å²) in [5.41, 5.74) is 1.57. The average molecular weight is 290 g/mol. The standard InChI is InChI=1S/C16H20ClN3/c1-20-13-3-2-4-14(20)9-12(8-13)19-16-6-5-11(10-18)7-15(16)17/h5-7,12-14,19H,2-4,8-9H2,1H3. The van der Waals surface area contributed by atoms with E-state index in [0.717, 1.165) is 5.69 Å². The zero-order chi connectivity index (χ0) is 14.1. The SMILES string of the molecule is CN1C2CCCC1CC(Nc1ccc(C#N)cc1Cl)C2. The van der Waals surface area contributed by atoms with Gasteiger partial charge in [-0.2, -0.15) is 5.26 Å². The summed E-state index contributed by atoms with van der Waals surface area (Å²) >= 11 is 6.25. The molecule has 1 aromatic carbocycles. The molecule has 2 fully saturated rings. The maximum Gasteiger partial charge on any atom is 0.0992 e. The van der Waals surface area contributed by atoms with Crippen LogP contribution in [0.15, 0.2) is 18.2 Å². The minimum Gasteiger partial charge on any atom is -0.381 e. The minimum atomic E-state index is 0.493. The third kappa shape index (κ3) is 2.63. The van der Waals surface area contributed by atoms with Crippen molar-refractivity contribution in [3.8, 4) is 6.07 Å². The number of halogens is 1. The van der Waals surface area contributed by atoms with Crippen molar-refractivity contribution >= 4 is 17.3 Å². The van der Waals surface area contributed by atoms with Crippen LogP contribution >= 0.6 is 11.6 Å². The van der Waals surface area contributed by atoms with E-state index in [9.17, 15) is 0 Å². The Labute approximate surface area is 125 Å². The van der Waals surface area contributed by atoms with Crippen molar-refractivity contribution in [3.63, 3.8) is 0 Å². The van der Waals surface area contributed by atoms with E-state index in [1.54, 1.807) is 6.07 Å². The molecule has 1 aromatic rings. The van der Waals surface area contributed by atoms with Crippen molar-refractivity contribution in [1.82, 2.24) is 4.90 Å². The Morgan fingerprint density at radius 1 is 1.30 bits per heavy atom. The summed E-state index contributed by atoms with van der Waals surface area (Å²) in [4.78, 5) is 2.56. The average Bonchev–Trinajstić information content (AvgIpc) is 2.42. The zero-order valence-corrected chi connectivity index (χ0v) is 12.5. The van der Waals surface area contributed by atoms with Crippen LogP contribution in [-0.4, -0.2) is 30.1 Å². The molecule has 20 heavy (non-hydrogen) atoms. The van der Waals surface area contributed by atoms with E-state index >= 15 is 0 Å². The maximum atomic E-state index is 8.88. The first kappa shape index (κ1) is 13.7. The summed E-state index contributed by atoms with van der Waals surface area (Å²) < 4.78 is 0. The molecule has 2 heterocycles. The monoisotopic (exact) mass is 289 g/mol. The molecule has 2 atom stereocenters. The molecular formula is C16H20ClN3. The van der Waals surface area contributed by atoms with Crippen molar-refractivity contribution in [2.75, 3.05) is 12.4 Å². The molecule has 0 radical (unpaired) electrons. The van der Waals surface area contributed by atoms with E-state index in [0.29, 0.717) is 28.7 Å². The molecule has 4 heteroatoms. The van der Waals surface area contributed by atoms with E-state index in [1.165, 1.54) is 32.1 Å². The first-order chi connectivity index (χ1) is 9.67. The molecule has 3 nitrogen and oxygen atoms in total. The summed E-state index contributed by atoms with van der Waals surface area (Å²) in [5.74, 6) is 0. The van der Waals surface area contributed by atoms with Crippen molar-refractivity contribution in [2.24, 2.45) is 0 Å². The van der Waals surface area contributed by atoms with Gasteiger partial charge in [-0.25, -0.2) is 0 Å². The van der Waals surface area contributed by atoms with Gasteiger partial charge in [-0.1, -0.05) is 18.0 Å². The largest absolute Gasteiger partial charge is 0.381 e. The Bertz CT molecular complexity index is 523. The smallest absolute Gasteiger partial charge is 0.0992 e. The van der Waals surface area contributed by atoms with Crippen molar-refractivity contribution in [1.29, 1.82) is 5.26 Å². The van der Waals surface area contributed by atoms with Crippen LogP contribution in [0.3, 0.4) is 0 Å². The van der Waals surface area contributed by atoms with Gasteiger partial charge in [0.1, 0.15) is 0 Å². The molecule has 0 amide bonds. The van der Waals surface area contributed by atoms with Gasteiger partial charge in [0.05, 0.1) is 22.3 Å². The predicted molar refractivity (Wildman–Crippen MR) is 82.0 cm³/mol. The summed E-state index contributed by atoms with van der Waals surface area (Å²) in [6.45, 7) is 0. The molecule has 2 unspecified atom stereocenters.